The number of para-hydroxylation sites is 1. The first kappa shape index (κ1) is 24.1. The van der Waals surface area contributed by atoms with Crippen LogP contribution < -0.4 is 10.2 Å². The fourth-order valence-electron chi connectivity index (χ4n) is 5.09. The summed E-state index contributed by atoms with van der Waals surface area (Å²) in [4.78, 5) is 32.9. The number of likely N-dealkylation sites (tertiary alicyclic amines) is 1. The Balaban J connectivity index is 1.49. The molecule has 0 aromatic heterocycles. The number of piperazine rings is 1. The quantitative estimate of drug-likeness (QED) is 0.745. The predicted molar refractivity (Wildman–Crippen MR) is 137 cm³/mol. The number of hydrogen-bond acceptors (Lipinski definition) is 3. The van der Waals surface area contributed by atoms with E-state index in [0.717, 1.165) is 18.7 Å². The minimum atomic E-state index is -0.315. The van der Waals surface area contributed by atoms with Crippen LogP contribution in [0, 0.1) is 19.8 Å². The van der Waals surface area contributed by atoms with Crippen LogP contribution in [0.5, 0.6) is 0 Å². The highest BCUT2D eigenvalue weighted by Gasteiger charge is 2.43. The number of carbonyl (C=O) groups is 2. The number of nitrogens with zero attached hydrogens (tertiary/aromatic N) is 3. The largest absolute Gasteiger partial charge is 0.368 e. The summed E-state index contributed by atoms with van der Waals surface area (Å²) >= 11 is 0. The van der Waals surface area contributed by atoms with Gasteiger partial charge in [0.15, 0.2) is 0 Å². The smallest absolute Gasteiger partial charge is 0.317 e. The molecule has 2 heterocycles. The summed E-state index contributed by atoms with van der Waals surface area (Å²) < 4.78 is 0. The second-order valence-electron chi connectivity index (χ2n) is 10.8. The highest BCUT2D eigenvalue weighted by atomic mass is 16.2. The van der Waals surface area contributed by atoms with Crippen molar-refractivity contribution in [3.8, 4) is 0 Å². The fourth-order valence-corrected chi connectivity index (χ4v) is 5.09. The van der Waals surface area contributed by atoms with Crippen molar-refractivity contribution in [1.82, 2.24) is 15.1 Å². The van der Waals surface area contributed by atoms with E-state index in [1.54, 1.807) is 0 Å². The third-order valence-electron chi connectivity index (χ3n) is 6.96. The molecule has 2 aliphatic rings. The van der Waals surface area contributed by atoms with E-state index >= 15 is 0 Å². The van der Waals surface area contributed by atoms with Crippen molar-refractivity contribution < 1.29 is 9.59 Å². The summed E-state index contributed by atoms with van der Waals surface area (Å²) in [7, 11) is 0. The molecule has 1 N–H and O–H groups in total. The topological polar surface area (TPSA) is 55.9 Å². The SMILES string of the molecule is Cc1ccc([C@@H]2CN(C(=O)NC(C)(C)C)C[C@H]2C(=O)N2CCN(c3ccccc3C)CC2)cc1. The first-order valence-electron chi connectivity index (χ1n) is 12.4. The van der Waals surface area contributed by atoms with Gasteiger partial charge in [0.2, 0.25) is 5.91 Å². The average Bonchev–Trinajstić information content (AvgIpc) is 3.24. The molecule has 0 bridgehead atoms. The van der Waals surface area contributed by atoms with Crippen LogP contribution in [-0.4, -0.2) is 66.5 Å². The average molecular weight is 463 g/mol. The Kier molecular flexibility index (Phi) is 6.87. The maximum atomic E-state index is 13.8. The molecular formula is C28H38N4O2. The third-order valence-corrected chi connectivity index (χ3v) is 6.96. The number of carbonyl (C=O) groups excluding carboxylic acids is 2. The lowest BCUT2D eigenvalue weighted by molar-refractivity contribution is -0.135. The van der Waals surface area contributed by atoms with E-state index in [1.807, 2.05) is 30.6 Å². The molecule has 2 saturated heterocycles. The molecule has 2 aliphatic heterocycles. The van der Waals surface area contributed by atoms with Crippen molar-refractivity contribution in [3.63, 3.8) is 0 Å². The number of rotatable bonds is 3. The molecule has 4 rings (SSSR count). The monoisotopic (exact) mass is 462 g/mol. The number of aryl methyl sites for hydroxylation is 2. The van der Waals surface area contributed by atoms with Gasteiger partial charge in [-0.2, -0.15) is 0 Å². The van der Waals surface area contributed by atoms with E-state index in [4.69, 9.17) is 0 Å². The second kappa shape index (κ2) is 9.69. The van der Waals surface area contributed by atoms with Crippen molar-refractivity contribution >= 4 is 17.6 Å². The highest BCUT2D eigenvalue weighted by molar-refractivity contribution is 5.83. The zero-order chi connectivity index (χ0) is 24.5. The standard InChI is InChI=1S/C28H38N4O2/c1-20-10-12-22(13-11-20)23-18-32(27(34)29-28(3,4)5)19-24(23)26(33)31-16-14-30(15-17-31)25-9-7-6-8-21(25)2/h6-13,23-24H,14-19H2,1-5H3,(H,29,34)/t23-,24+/m0/s1. The molecule has 0 radical (unpaired) electrons. The van der Waals surface area contributed by atoms with Gasteiger partial charge in [-0.25, -0.2) is 4.79 Å². The fraction of sp³-hybridized carbons (Fsp3) is 0.500. The van der Waals surface area contributed by atoms with Crippen LogP contribution >= 0.6 is 0 Å². The summed E-state index contributed by atoms with van der Waals surface area (Å²) in [6, 6.07) is 16.7. The van der Waals surface area contributed by atoms with Crippen LogP contribution in [0.4, 0.5) is 10.5 Å². The summed E-state index contributed by atoms with van der Waals surface area (Å²) in [5.41, 5.74) is 4.52. The van der Waals surface area contributed by atoms with E-state index in [-0.39, 0.29) is 29.3 Å². The van der Waals surface area contributed by atoms with E-state index < -0.39 is 0 Å². The van der Waals surface area contributed by atoms with Crippen molar-refractivity contribution in [1.29, 1.82) is 0 Å². The van der Waals surface area contributed by atoms with Crippen LogP contribution in [0.3, 0.4) is 0 Å². The van der Waals surface area contributed by atoms with Gasteiger partial charge in [-0.3, -0.25) is 4.79 Å². The minimum absolute atomic E-state index is 0.00761. The Hall–Kier alpha value is -3.02. The van der Waals surface area contributed by atoms with Crippen LogP contribution in [0.25, 0.3) is 0 Å². The van der Waals surface area contributed by atoms with Crippen molar-refractivity contribution in [2.24, 2.45) is 5.92 Å². The van der Waals surface area contributed by atoms with E-state index in [0.29, 0.717) is 26.2 Å². The van der Waals surface area contributed by atoms with Crippen LogP contribution in [0.15, 0.2) is 48.5 Å². The Morgan fingerprint density at radius 3 is 2.12 bits per heavy atom. The molecule has 34 heavy (non-hydrogen) atoms. The van der Waals surface area contributed by atoms with Gasteiger partial charge in [0.1, 0.15) is 0 Å². The molecule has 6 heteroatoms. The molecule has 182 valence electrons. The van der Waals surface area contributed by atoms with E-state index in [2.05, 4.69) is 72.6 Å². The number of nitrogens with one attached hydrogen (secondary N) is 1. The van der Waals surface area contributed by atoms with Crippen molar-refractivity contribution in [2.45, 2.75) is 46.1 Å². The molecule has 0 aliphatic carbocycles. The lowest BCUT2D eigenvalue weighted by atomic mass is 9.87. The molecule has 0 unspecified atom stereocenters. The van der Waals surface area contributed by atoms with Gasteiger partial charge in [0.25, 0.3) is 0 Å². The van der Waals surface area contributed by atoms with Crippen molar-refractivity contribution in [2.75, 3.05) is 44.2 Å². The Morgan fingerprint density at radius 1 is 0.853 bits per heavy atom. The number of hydrogen-bond donors (Lipinski definition) is 1. The molecule has 2 fully saturated rings. The number of benzene rings is 2. The number of anilines is 1. The zero-order valence-corrected chi connectivity index (χ0v) is 21.2. The molecule has 2 aromatic rings. The summed E-state index contributed by atoms with van der Waals surface area (Å²) in [6.45, 7) is 14.2. The Labute approximate surface area is 203 Å². The molecule has 2 aromatic carbocycles. The molecule has 0 spiro atoms. The maximum Gasteiger partial charge on any atom is 0.317 e. The zero-order valence-electron chi connectivity index (χ0n) is 21.2. The van der Waals surface area contributed by atoms with Crippen molar-refractivity contribution in [3.05, 3.63) is 65.2 Å². The van der Waals surface area contributed by atoms with Gasteiger partial charge in [-0.05, 0) is 51.8 Å². The first-order valence-corrected chi connectivity index (χ1v) is 12.4. The maximum absolute atomic E-state index is 13.8. The predicted octanol–water partition coefficient (Wildman–Crippen LogP) is 4.18. The van der Waals surface area contributed by atoms with E-state index in [9.17, 15) is 9.59 Å². The summed E-state index contributed by atoms with van der Waals surface area (Å²) in [6.07, 6.45) is 0. The molecule has 6 nitrogen and oxygen atoms in total. The molecule has 0 saturated carbocycles. The Morgan fingerprint density at radius 2 is 1.50 bits per heavy atom. The number of amides is 3. The van der Waals surface area contributed by atoms with Gasteiger partial charge < -0.3 is 20.0 Å². The summed E-state index contributed by atoms with van der Waals surface area (Å²) in [5.74, 6) is -0.0484. The van der Waals surface area contributed by atoms with Crippen LogP contribution in [-0.2, 0) is 4.79 Å². The molecule has 3 amide bonds. The number of urea groups is 1. The highest BCUT2D eigenvalue weighted by Crippen LogP contribution is 2.35. The van der Waals surface area contributed by atoms with Gasteiger partial charge in [0, 0.05) is 56.4 Å². The van der Waals surface area contributed by atoms with Gasteiger partial charge in [-0.15, -0.1) is 0 Å². The van der Waals surface area contributed by atoms with Gasteiger partial charge >= 0.3 is 6.03 Å². The lowest BCUT2D eigenvalue weighted by Gasteiger charge is -2.38. The first-order chi connectivity index (χ1) is 16.1. The minimum Gasteiger partial charge on any atom is -0.368 e. The molecular weight excluding hydrogens is 424 g/mol. The molecule has 2 atom stereocenters. The van der Waals surface area contributed by atoms with Crippen LogP contribution in [0.1, 0.15) is 43.4 Å². The third kappa shape index (κ3) is 5.37. The Bertz CT molecular complexity index is 1020. The lowest BCUT2D eigenvalue weighted by Crippen LogP contribution is -2.51. The summed E-state index contributed by atoms with van der Waals surface area (Å²) in [5, 5.41) is 3.07. The van der Waals surface area contributed by atoms with Crippen LogP contribution in [0.2, 0.25) is 0 Å². The normalized spacial score (nSPS) is 21.0. The van der Waals surface area contributed by atoms with Gasteiger partial charge in [-0.1, -0.05) is 48.0 Å². The van der Waals surface area contributed by atoms with Gasteiger partial charge in [0.05, 0.1) is 5.92 Å². The van der Waals surface area contributed by atoms with E-state index in [1.165, 1.54) is 16.8 Å². The second-order valence-corrected chi connectivity index (χ2v) is 10.8.